The zero-order valence-corrected chi connectivity index (χ0v) is 13.9. The van der Waals surface area contributed by atoms with E-state index in [1.165, 1.54) is 12.1 Å². The predicted molar refractivity (Wildman–Crippen MR) is 80.9 cm³/mol. The van der Waals surface area contributed by atoms with E-state index >= 15 is 0 Å². The van der Waals surface area contributed by atoms with Crippen molar-refractivity contribution in [1.29, 1.82) is 0 Å². The van der Waals surface area contributed by atoms with Gasteiger partial charge in [-0.05, 0) is 32.9 Å². The quantitative estimate of drug-likeness (QED) is 0.413. The molecular formula is C15H22O6S. The Balaban J connectivity index is 2.20. The van der Waals surface area contributed by atoms with Crippen molar-refractivity contribution in [2.45, 2.75) is 37.7 Å². The van der Waals surface area contributed by atoms with Crippen molar-refractivity contribution in [3.8, 4) is 0 Å². The second-order valence-corrected chi connectivity index (χ2v) is 7.15. The molecule has 6 nitrogen and oxygen atoms in total. The molecule has 0 atom stereocenters. The van der Waals surface area contributed by atoms with Gasteiger partial charge in [-0.15, -0.1) is 0 Å². The van der Waals surface area contributed by atoms with Gasteiger partial charge in [-0.1, -0.05) is 18.2 Å². The Bertz CT molecular complexity index is 559. The number of rotatable bonds is 8. The molecule has 0 aliphatic rings. The molecule has 0 aliphatic heterocycles. The number of ether oxygens (including phenoxy) is 2. The molecule has 0 spiro atoms. The van der Waals surface area contributed by atoms with Crippen LogP contribution in [0.3, 0.4) is 0 Å². The summed E-state index contributed by atoms with van der Waals surface area (Å²) in [6.07, 6.45) is 0.114. The van der Waals surface area contributed by atoms with Crippen LogP contribution in [-0.2, 0) is 28.6 Å². The minimum Gasteiger partial charge on any atom is -0.460 e. The van der Waals surface area contributed by atoms with Gasteiger partial charge in [0.15, 0.2) is 0 Å². The molecule has 0 bridgehead atoms. The Kier molecular flexibility index (Phi) is 6.99. The summed E-state index contributed by atoms with van der Waals surface area (Å²) >= 11 is 0. The Hall–Kier alpha value is -1.44. The third-order valence-corrected chi connectivity index (χ3v) is 3.70. The number of carbonyl (C=O) groups excluding carboxylic acids is 1. The van der Waals surface area contributed by atoms with Gasteiger partial charge in [0.25, 0.3) is 10.1 Å². The highest BCUT2D eigenvalue weighted by Gasteiger charge is 2.16. The van der Waals surface area contributed by atoms with Crippen LogP contribution >= 0.6 is 0 Å². The summed E-state index contributed by atoms with van der Waals surface area (Å²) in [5.41, 5.74) is -0.524. The van der Waals surface area contributed by atoms with Gasteiger partial charge >= 0.3 is 5.97 Å². The van der Waals surface area contributed by atoms with E-state index in [0.29, 0.717) is 0 Å². The van der Waals surface area contributed by atoms with Crippen LogP contribution in [0.25, 0.3) is 0 Å². The van der Waals surface area contributed by atoms with Gasteiger partial charge in [-0.2, -0.15) is 8.42 Å². The first kappa shape index (κ1) is 18.6. The molecule has 0 saturated carbocycles. The lowest BCUT2D eigenvalue weighted by Gasteiger charge is -2.19. The number of esters is 1. The fourth-order valence-corrected chi connectivity index (χ4v) is 2.42. The Morgan fingerprint density at radius 1 is 1.05 bits per heavy atom. The first-order valence-corrected chi connectivity index (χ1v) is 8.36. The summed E-state index contributed by atoms with van der Waals surface area (Å²) in [7, 11) is -3.76. The van der Waals surface area contributed by atoms with E-state index in [9.17, 15) is 13.2 Å². The lowest BCUT2D eigenvalue weighted by Crippen LogP contribution is -2.24. The highest BCUT2D eigenvalue weighted by Crippen LogP contribution is 2.11. The maximum atomic E-state index is 11.8. The Labute approximate surface area is 131 Å². The first-order valence-electron chi connectivity index (χ1n) is 6.95. The molecule has 1 aromatic rings. The van der Waals surface area contributed by atoms with Crippen molar-refractivity contribution < 1.29 is 26.9 Å². The second kappa shape index (κ2) is 8.26. The van der Waals surface area contributed by atoms with Crippen LogP contribution in [0, 0.1) is 0 Å². The van der Waals surface area contributed by atoms with Crippen LogP contribution in [-0.4, -0.2) is 39.8 Å². The van der Waals surface area contributed by atoms with Crippen molar-refractivity contribution in [2.24, 2.45) is 0 Å². The van der Waals surface area contributed by atoms with Gasteiger partial charge in [0.05, 0.1) is 31.1 Å². The van der Waals surface area contributed by atoms with Crippen LogP contribution in [0.2, 0.25) is 0 Å². The highest BCUT2D eigenvalue weighted by atomic mass is 32.2. The van der Waals surface area contributed by atoms with E-state index in [1.807, 2.05) is 0 Å². The molecule has 0 radical (unpaired) electrons. The smallest absolute Gasteiger partial charge is 0.308 e. The Morgan fingerprint density at radius 2 is 1.68 bits per heavy atom. The highest BCUT2D eigenvalue weighted by molar-refractivity contribution is 7.86. The zero-order chi connectivity index (χ0) is 16.6. The van der Waals surface area contributed by atoms with Crippen LogP contribution in [0.15, 0.2) is 35.2 Å². The number of benzene rings is 1. The molecule has 0 saturated heterocycles. The third-order valence-electron chi connectivity index (χ3n) is 2.37. The molecule has 1 rings (SSSR count). The summed E-state index contributed by atoms with van der Waals surface area (Å²) in [6, 6.07) is 7.87. The van der Waals surface area contributed by atoms with Crippen LogP contribution in [0.1, 0.15) is 27.2 Å². The molecule has 0 unspecified atom stereocenters. The zero-order valence-electron chi connectivity index (χ0n) is 13.1. The van der Waals surface area contributed by atoms with E-state index < -0.39 is 15.7 Å². The van der Waals surface area contributed by atoms with Gasteiger partial charge < -0.3 is 9.47 Å². The molecule has 0 aromatic heterocycles. The van der Waals surface area contributed by atoms with Crippen LogP contribution in [0.5, 0.6) is 0 Å². The number of carbonyl (C=O) groups is 1. The topological polar surface area (TPSA) is 78.9 Å². The largest absolute Gasteiger partial charge is 0.460 e. The minimum atomic E-state index is -3.76. The van der Waals surface area contributed by atoms with Gasteiger partial charge in [0, 0.05) is 0 Å². The molecule has 0 N–H and O–H groups in total. The fraction of sp³-hybridized carbons (Fsp3) is 0.533. The Morgan fingerprint density at radius 3 is 2.27 bits per heavy atom. The summed E-state index contributed by atoms with van der Waals surface area (Å²) in [5.74, 6) is -0.356. The summed E-state index contributed by atoms with van der Waals surface area (Å²) in [4.78, 5) is 11.5. The molecule has 124 valence electrons. The average Bonchev–Trinajstić information content (AvgIpc) is 2.41. The third kappa shape index (κ3) is 7.53. The van der Waals surface area contributed by atoms with E-state index in [2.05, 4.69) is 0 Å². The lowest BCUT2D eigenvalue weighted by molar-refractivity contribution is -0.156. The first-order chi connectivity index (χ1) is 10.2. The standard InChI is InChI=1S/C15H22O6S/c1-15(2,3)21-14(16)9-10-19-11-12-20-22(17,18)13-7-5-4-6-8-13/h4-8H,9-12H2,1-3H3. The summed E-state index contributed by atoms with van der Waals surface area (Å²) < 4.78 is 38.7. The molecule has 7 heteroatoms. The van der Waals surface area contributed by atoms with Gasteiger partial charge in [0.2, 0.25) is 0 Å². The monoisotopic (exact) mass is 330 g/mol. The van der Waals surface area contributed by atoms with E-state index in [4.69, 9.17) is 13.7 Å². The van der Waals surface area contributed by atoms with E-state index in [1.54, 1.807) is 39.0 Å². The summed E-state index contributed by atoms with van der Waals surface area (Å²) in [5, 5.41) is 0. The molecule has 22 heavy (non-hydrogen) atoms. The fourth-order valence-electron chi connectivity index (χ4n) is 1.51. The minimum absolute atomic E-state index is 0.0782. The maximum absolute atomic E-state index is 11.8. The van der Waals surface area contributed by atoms with Crippen LogP contribution in [0.4, 0.5) is 0 Å². The SMILES string of the molecule is CC(C)(C)OC(=O)CCOCCOS(=O)(=O)c1ccccc1. The second-order valence-electron chi connectivity index (χ2n) is 5.54. The number of hydrogen-bond acceptors (Lipinski definition) is 6. The number of hydrogen-bond donors (Lipinski definition) is 0. The molecule has 0 aliphatic carbocycles. The van der Waals surface area contributed by atoms with Crippen molar-refractivity contribution in [1.82, 2.24) is 0 Å². The molecule has 0 fully saturated rings. The predicted octanol–water partition coefficient (Wildman–Crippen LogP) is 2.14. The molecular weight excluding hydrogens is 308 g/mol. The van der Waals surface area contributed by atoms with E-state index in [-0.39, 0.29) is 37.1 Å². The van der Waals surface area contributed by atoms with E-state index in [0.717, 1.165) is 0 Å². The molecule has 0 amide bonds. The lowest BCUT2D eigenvalue weighted by atomic mass is 10.2. The van der Waals surface area contributed by atoms with Crippen molar-refractivity contribution >= 4 is 16.1 Å². The van der Waals surface area contributed by atoms with Gasteiger partial charge in [-0.25, -0.2) is 0 Å². The van der Waals surface area contributed by atoms with Crippen LogP contribution < -0.4 is 0 Å². The van der Waals surface area contributed by atoms with Gasteiger partial charge in [0.1, 0.15) is 5.60 Å². The normalized spacial score (nSPS) is 12.1. The molecule has 0 heterocycles. The van der Waals surface area contributed by atoms with Crippen molar-refractivity contribution in [3.63, 3.8) is 0 Å². The van der Waals surface area contributed by atoms with Crippen molar-refractivity contribution in [2.75, 3.05) is 19.8 Å². The van der Waals surface area contributed by atoms with Crippen molar-refractivity contribution in [3.05, 3.63) is 30.3 Å². The molecule has 1 aromatic carbocycles. The summed E-state index contributed by atoms with van der Waals surface area (Å²) in [6.45, 7) is 5.49. The average molecular weight is 330 g/mol. The van der Waals surface area contributed by atoms with Gasteiger partial charge in [-0.3, -0.25) is 8.98 Å². The maximum Gasteiger partial charge on any atom is 0.308 e.